The second-order valence-corrected chi connectivity index (χ2v) is 5.47. The van der Waals surface area contributed by atoms with Crippen LogP contribution in [0.1, 0.15) is 24.4 Å². The molecule has 0 aliphatic heterocycles. The number of halogens is 1. The van der Waals surface area contributed by atoms with Gasteiger partial charge in [0.1, 0.15) is 5.92 Å². The van der Waals surface area contributed by atoms with Crippen molar-refractivity contribution < 1.29 is 19.2 Å². The lowest BCUT2D eigenvalue weighted by atomic mass is 10.0. The van der Waals surface area contributed by atoms with E-state index in [-0.39, 0.29) is 12.8 Å². The minimum Gasteiger partial charge on any atom is -0.469 e. The summed E-state index contributed by atoms with van der Waals surface area (Å²) >= 11 is 6.09. The molecule has 7 nitrogen and oxygen atoms in total. The summed E-state index contributed by atoms with van der Waals surface area (Å²) in [5, 5.41) is 13.7. The Morgan fingerprint density at radius 1 is 1.50 bits per heavy atom. The molecule has 1 aliphatic carbocycles. The summed E-state index contributed by atoms with van der Waals surface area (Å²) in [6, 6.07) is 5.27. The average Bonchev–Trinajstić information content (AvgIpc) is 3.27. The number of benzene rings is 1. The summed E-state index contributed by atoms with van der Waals surface area (Å²) in [5.74, 6) is -1.61. The van der Waals surface area contributed by atoms with Crippen molar-refractivity contribution in [1.29, 1.82) is 0 Å². The number of carbonyl (C=O) groups is 2. The van der Waals surface area contributed by atoms with E-state index in [2.05, 4.69) is 10.1 Å². The van der Waals surface area contributed by atoms with Crippen LogP contribution in [0.25, 0.3) is 0 Å². The monoisotopic (exact) mass is 326 g/mol. The van der Waals surface area contributed by atoms with Crippen molar-refractivity contribution in [2.75, 3.05) is 7.11 Å². The van der Waals surface area contributed by atoms with E-state index < -0.39 is 34.8 Å². The van der Waals surface area contributed by atoms with E-state index in [1.165, 1.54) is 7.11 Å². The predicted molar refractivity (Wildman–Crippen MR) is 77.9 cm³/mol. The molecule has 1 aromatic rings. The first-order valence-corrected chi connectivity index (χ1v) is 7.07. The first-order chi connectivity index (χ1) is 10.4. The fourth-order valence-electron chi connectivity index (χ4n) is 2.22. The van der Waals surface area contributed by atoms with Gasteiger partial charge in [-0.15, -0.1) is 0 Å². The lowest BCUT2D eigenvalue weighted by Crippen LogP contribution is -2.33. The van der Waals surface area contributed by atoms with Crippen LogP contribution in [0, 0.1) is 16.0 Å². The van der Waals surface area contributed by atoms with Gasteiger partial charge in [0.25, 0.3) is 0 Å². The quantitative estimate of drug-likeness (QED) is 0.487. The number of ether oxygens (including phenoxy) is 1. The molecule has 22 heavy (non-hydrogen) atoms. The van der Waals surface area contributed by atoms with Crippen LogP contribution in [-0.2, 0) is 14.3 Å². The molecule has 1 aromatic carbocycles. The highest BCUT2D eigenvalue weighted by molar-refractivity contribution is 6.31. The van der Waals surface area contributed by atoms with Gasteiger partial charge < -0.3 is 10.1 Å². The highest BCUT2D eigenvalue weighted by Crippen LogP contribution is 2.34. The predicted octanol–water partition coefficient (Wildman–Crippen LogP) is 1.73. The molecule has 0 saturated heterocycles. The highest BCUT2D eigenvalue weighted by Gasteiger charge is 2.53. The molecule has 1 N–H and O–H groups in total. The van der Waals surface area contributed by atoms with Crippen LogP contribution in [0.4, 0.5) is 0 Å². The van der Waals surface area contributed by atoms with Gasteiger partial charge in [-0.25, -0.2) is 0 Å². The van der Waals surface area contributed by atoms with Gasteiger partial charge in [-0.3, -0.25) is 19.7 Å². The molecule has 0 aromatic heterocycles. The summed E-state index contributed by atoms with van der Waals surface area (Å²) in [7, 11) is 1.25. The Bertz CT molecular complexity index is 607. The van der Waals surface area contributed by atoms with Crippen LogP contribution in [0.3, 0.4) is 0 Å². The molecule has 0 radical (unpaired) electrons. The maximum atomic E-state index is 12.1. The Morgan fingerprint density at radius 2 is 2.18 bits per heavy atom. The molecular formula is C14H15ClN2O5. The Hall–Kier alpha value is -2.15. The third-order valence-corrected chi connectivity index (χ3v) is 3.90. The largest absolute Gasteiger partial charge is 0.469 e. The number of carbonyl (C=O) groups excluding carboxylic acids is 2. The number of rotatable bonds is 6. The maximum Gasteiger partial charge on any atom is 0.307 e. The number of esters is 1. The van der Waals surface area contributed by atoms with Crippen molar-refractivity contribution in [2.45, 2.75) is 24.9 Å². The minimum absolute atomic E-state index is 0.0954. The van der Waals surface area contributed by atoms with Crippen molar-refractivity contribution in [3.05, 3.63) is 45.0 Å². The molecule has 1 saturated carbocycles. The molecule has 0 heterocycles. The molecule has 3 atom stereocenters. The maximum absolute atomic E-state index is 12.1. The first kappa shape index (κ1) is 16.2. The van der Waals surface area contributed by atoms with Crippen LogP contribution >= 0.6 is 11.6 Å². The van der Waals surface area contributed by atoms with Crippen molar-refractivity contribution in [3.63, 3.8) is 0 Å². The minimum atomic E-state index is -0.843. The van der Waals surface area contributed by atoms with E-state index >= 15 is 0 Å². The summed E-state index contributed by atoms with van der Waals surface area (Å²) in [6.07, 6.45) is 0.119. The van der Waals surface area contributed by atoms with Gasteiger partial charge in [0.2, 0.25) is 11.9 Å². The van der Waals surface area contributed by atoms with Gasteiger partial charge in [-0.05, 0) is 11.6 Å². The van der Waals surface area contributed by atoms with Crippen LogP contribution in [0.15, 0.2) is 24.3 Å². The van der Waals surface area contributed by atoms with Crippen molar-refractivity contribution in [2.24, 2.45) is 5.92 Å². The van der Waals surface area contributed by atoms with Gasteiger partial charge in [-0.2, -0.15) is 0 Å². The topological polar surface area (TPSA) is 98.5 Å². The van der Waals surface area contributed by atoms with Gasteiger partial charge in [0.15, 0.2) is 0 Å². The normalized spacial score (nSPS) is 20.8. The summed E-state index contributed by atoms with van der Waals surface area (Å²) in [4.78, 5) is 33.8. The molecule has 0 unspecified atom stereocenters. The van der Waals surface area contributed by atoms with E-state index in [1.54, 1.807) is 24.3 Å². The second kappa shape index (κ2) is 6.74. The Labute approximate surface area is 131 Å². The molecule has 0 bridgehead atoms. The molecule has 8 heteroatoms. The fourth-order valence-corrected chi connectivity index (χ4v) is 2.49. The Balaban J connectivity index is 2.12. The smallest absolute Gasteiger partial charge is 0.307 e. The number of methoxy groups -OCH3 is 1. The standard InChI is InChI=1S/C14H15ClN2O5/c1-22-13(18)7-11(8-4-2-3-5-10(8)15)16-14(19)9-6-12(9)17(20)21/h2-5,9,11-12H,6-7H2,1H3,(H,16,19)/t9-,11-,12+/m0/s1. The third-order valence-electron chi connectivity index (χ3n) is 3.56. The summed E-state index contributed by atoms with van der Waals surface area (Å²) < 4.78 is 4.62. The summed E-state index contributed by atoms with van der Waals surface area (Å²) in [6.45, 7) is 0. The van der Waals surface area contributed by atoms with Crippen LogP contribution in [0.5, 0.6) is 0 Å². The molecule has 1 aliphatic rings. The number of nitro groups is 1. The van der Waals surface area contributed by atoms with E-state index in [0.717, 1.165) is 0 Å². The van der Waals surface area contributed by atoms with Crippen molar-refractivity contribution in [1.82, 2.24) is 5.32 Å². The third kappa shape index (κ3) is 3.73. The molecule has 1 amide bonds. The van der Waals surface area contributed by atoms with Crippen LogP contribution < -0.4 is 5.32 Å². The molecule has 2 rings (SSSR count). The zero-order chi connectivity index (χ0) is 16.3. The molecule has 1 fully saturated rings. The Kier molecular flexibility index (Phi) is 4.97. The number of amides is 1. The number of nitrogens with zero attached hydrogens (tertiary/aromatic N) is 1. The van der Waals surface area contributed by atoms with E-state index in [0.29, 0.717) is 10.6 Å². The average molecular weight is 327 g/mol. The SMILES string of the molecule is COC(=O)C[C@H](NC(=O)[C@H]1C[C@H]1[N+](=O)[O-])c1ccccc1Cl. The highest BCUT2D eigenvalue weighted by atomic mass is 35.5. The van der Waals surface area contributed by atoms with Crippen molar-refractivity contribution in [3.8, 4) is 0 Å². The van der Waals surface area contributed by atoms with Crippen LogP contribution in [0.2, 0.25) is 5.02 Å². The van der Waals surface area contributed by atoms with Gasteiger partial charge >= 0.3 is 5.97 Å². The fraction of sp³-hybridized carbons (Fsp3) is 0.429. The molecular weight excluding hydrogens is 312 g/mol. The van der Waals surface area contributed by atoms with E-state index in [4.69, 9.17) is 11.6 Å². The lowest BCUT2D eigenvalue weighted by Gasteiger charge is -2.19. The summed E-state index contributed by atoms with van der Waals surface area (Å²) in [5.41, 5.74) is 0.571. The molecule has 0 spiro atoms. The van der Waals surface area contributed by atoms with Crippen LogP contribution in [-0.4, -0.2) is 30.0 Å². The van der Waals surface area contributed by atoms with E-state index in [9.17, 15) is 19.7 Å². The van der Waals surface area contributed by atoms with E-state index in [1.807, 2.05) is 0 Å². The van der Waals surface area contributed by atoms with Crippen molar-refractivity contribution >= 4 is 23.5 Å². The number of nitrogens with one attached hydrogen (secondary N) is 1. The first-order valence-electron chi connectivity index (χ1n) is 6.69. The molecule has 118 valence electrons. The van der Waals surface area contributed by atoms with Gasteiger partial charge in [-0.1, -0.05) is 29.8 Å². The van der Waals surface area contributed by atoms with Gasteiger partial charge in [0.05, 0.1) is 19.6 Å². The second-order valence-electron chi connectivity index (χ2n) is 5.06. The zero-order valence-corrected chi connectivity index (χ0v) is 12.6. The zero-order valence-electron chi connectivity index (χ0n) is 11.8. The lowest BCUT2D eigenvalue weighted by molar-refractivity contribution is -0.497. The Morgan fingerprint density at radius 3 is 2.73 bits per heavy atom. The number of hydrogen-bond acceptors (Lipinski definition) is 5. The van der Waals surface area contributed by atoms with Gasteiger partial charge in [0, 0.05) is 16.4 Å². The number of hydrogen-bond donors (Lipinski definition) is 1.